The van der Waals surface area contributed by atoms with Gasteiger partial charge in [0.25, 0.3) is 0 Å². The fraction of sp³-hybridized carbons (Fsp3) is 0.625. The Morgan fingerprint density at radius 3 is 2.90 bits per heavy atom. The smallest absolute Gasteiger partial charge is 0.0674 e. The van der Waals surface area contributed by atoms with Gasteiger partial charge in [0.2, 0.25) is 0 Å². The first-order valence-corrected chi connectivity index (χ1v) is 8.28. The lowest BCUT2D eigenvalue weighted by Gasteiger charge is -2.36. The molecule has 0 radical (unpaired) electrons. The summed E-state index contributed by atoms with van der Waals surface area (Å²) >= 11 is 3.68. The first-order valence-electron chi connectivity index (χ1n) is 7.49. The number of hydrogen-bond acceptors (Lipinski definition) is 3. The van der Waals surface area contributed by atoms with E-state index in [0.717, 1.165) is 37.0 Å². The Morgan fingerprint density at radius 2 is 2.20 bits per heavy atom. The van der Waals surface area contributed by atoms with Crippen LogP contribution >= 0.6 is 15.9 Å². The van der Waals surface area contributed by atoms with E-state index in [-0.39, 0.29) is 18.2 Å². The lowest BCUT2D eigenvalue weighted by atomic mass is 9.96. The predicted octanol–water partition coefficient (Wildman–Crippen LogP) is 3.34. The molecule has 1 aliphatic heterocycles. The minimum atomic E-state index is 0.138. The van der Waals surface area contributed by atoms with E-state index in [2.05, 4.69) is 58.9 Å². The van der Waals surface area contributed by atoms with Crippen molar-refractivity contribution in [3.8, 4) is 0 Å². The van der Waals surface area contributed by atoms with Crippen LogP contribution in [0.5, 0.6) is 0 Å². The van der Waals surface area contributed by atoms with E-state index in [0.29, 0.717) is 0 Å². The Bertz CT molecular complexity index is 427. The average molecular weight is 341 g/mol. The maximum atomic E-state index is 6.44. The summed E-state index contributed by atoms with van der Waals surface area (Å²) in [6.45, 7) is 7.14. The van der Waals surface area contributed by atoms with Crippen molar-refractivity contribution < 1.29 is 4.74 Å². The van der Waals surface area contributed by atoms with Crippen LogP contribution in [0.4, 0.5) is 0 Å². The van der Waals surface area contributed by atoms with E-state index in [9.17, 15) is 0 Å². The van der Waals surface area contributed by atoms with Gasteiger partial charge in [0, 0.05) is 30.2 Å². The summed E-state index contributed by atoms with van der Waals surface area (Å²) in [5, 5.41) is 0. The normalized spacial score (nSPS) is 24.1. The van der Waals surface area contributed by atoms with E-state index >= 15 is 0 Å². The first-order chi connectivity index (χ1) is 9.63. The van der Waals surface area contributed by atoms with Crippen LogP contribution < -0.4 is 5.73 Å². The summed E-state index contributed by atoms with van der Waals surface area (Å²) in [5.74, 6) is 0. The van der Waals surface area contributed by atoms with Gasteiger partial charge in [0.15, 0.2) is 0 Å². The fourth-order valence-corrected chi connectivity index (χ4v) is 3.43. The maximum absolute atomic E-state index is 6.44. The molecule has 0 aliphatic carbocycles. The highest BCUT2D eigenvalue weighted by Gasteiger charge is 2.29. The van der Waals surface area contributed by atoms with Crippen molar-refractivity contribution in [3.63, 3.8) is 0 Å². The van der Waals surface area contributed by atoms with Gasteiger partial charge in [0.05, 0.1) is 12.1 Å². The van der Waals surface area contributed by atoms with Crippen molar-refractivity contribution in [1.82, 2.24) is 4.90 Å². The summed E-state index contributed by atoms with van der Waals surface area (Å²) in [6.07, 6.45) is 2.31. The van der Waals surface area contributed by atoms with Crippen LogP contribution in [0.2, 0.25) is 0 Å². The topological polar surface area (TPSA) is 38.5 Å². The molecule has 112 valence electrons. The van der Waals surface area contributed by atoms with Crippen LogP contribution in [0, 0.1) is 0 Å². The van der Waals surface area contributed by atoms with Gasteiger partial charge >= 0.3 is 0 Å². The lowest BCUT2D eigenvalue weighted by molar-refractivity contribution is 0.0574. The Kier molecular flexibility index (Phi) is 6.02. The van der Waals surface area contributed by atoms with Crippen LogP contribution in [0.15, 0.2) is 28.7 Å². The van der Waals surface area contributed by atoms with E-state index in [4.69, 9.17) is 10.5 Å². The predicted molar refractivity (Wildman–Crippen MR) is 86.8 cm³/mol. The molecule has 1 aromatic rings. The van der Waals surface area contributed by atoms with E-state index < -0.39 is 0 Å². The van der Waals surface area contributed by atoms with Crippen molar-refractivity contribution in [2.45, 2.75) is 44.9 Å². The number of rotatable bonds is 4. The molecular formula is C16H25BrN2O. The number of ether oxygens (including phenoxy) is 1. The van der Waals surface area contributed by atoms with Gasteiger partial charge in [-0.05, 0) is 31.4 Å². The number of hydrogen-bond donors (Lipinski definition) is 1. The largest absolute Gasteiger partial charge is 0.377 e. The van der Waals surface area contributed by atoms with E-state index in [1.165, 1.54) is 5.56 Å². The van der Waals surface area contributed by atoms with Gasteiger partial charge in [-0.15, -0.1) is 0 Å². The van der Waals surface area contributed by atoms with Gasteiger partial charge in [-0.1, -0.05) is 41.1 Å². The monoisotopic (exact) mass is 340 g/mol. The molecule has 1 saturated heterocycles. The highest BCUT2D eigenvalue weighted by atomic mass is 79.9. The molecule has 0 saturated carbocycles. The van der Waals surface area contributed by atoms with Crippen molar-refractivity contribution in [2.75, 3.05) is 19.7 Å². The highest BCUT2D eigenvalue weighted by molar-refractivity contribution is 9.10. The third-order valence-electron chi connectivity index (χ3n) is 3.98. The van der Waals surface area contributed by atoms with Crippen LogP contribution in [-0.2, 0) is 4.74 Å². The molecule has 2 rings (SSSR count). The molecule has 20 heavy (non-hydrogen) atoms. The van der Waals surface area contributed by atoms with Crippen LogP contribution in [0.25, 0.3) is 0 Å². The van der Waals surface area contributed by atoms with Gasteiger partial charge in [-0.25, -0.2) is 0 Å². The van der Waals surface area contributed by atoms with Gasteiger partial charge in [-0.2, -0.15) is 0 Å². The minimum absolute atomic E-state index is 0.138. The lowest BCUT2D eigenvalue weighted by Crippen LogP contribution is -2.43. The zero-order valence-corrected chi connectivity index (χ0v) is 14.0. The average Bonchev–Trinajstić information content (AvgIpc) is 2.65. The van der Waals surface area contributed by atoms with Gasteiger partial charge < -0.3 is 10.5 Å². The molecule has 1 aromatic carbocycles. The molecule has 1 aliphatic rings. The summed E-state index contributed by atoms with van der Waals surface area (Å²) in [5.41, 5.74) is 7.73. The van der Waals surface area contributed by atoms with E-state index in [1.54, 1.807) is 0 Å². The van der Waals surface area contributed by atoms with Crippen molar-refractivity contribution in [3.05, 3.63) is 34.3 Å². The summed E-state index contributed by atoms with van der Waals surface area (Å²) in [4.78, 5) is 2.49. The zero-order chi connectivity index (χ0) is 14.5. The van der Waals surface area contributed by atoms with Crippen molar-refractivity contribution in [2.24, 2.45) is 5.73 Å². The second kappa shape index (κ2) is 7.55. The van der Waals surface area contributed by atoms with Crippen LogP contribution in [-0.4, -0.2) is 36.7 Å². The summed E-state index contributed by atoms with van der Waals surface area (Å²) < 4.78 is 6.91. The molecular weight excluding hydrogens is 316 g/mol. The SMILES string of the molecule is CCC(N)C(c1ccccc1Br)N1CCCOC(C)C1. The molecule has 1 heterocycles. The van der Waals surface area contributed by atoms with Gasteiger partial charge in [0.1, 0.15) is 0 Å². The summed E-state index contributed by atoms with van der Waals surface area (Å²) in [7, 11) is 0. The maximum Gasteiger partial charge on any atom is 0.0674 e. The molecule has 2 N–H and O–H groups in total. The van der Waals surface area contributed by atoms with Crippen molar-refractivity contribution in [1.29, 1.82) is 0 Å². The molecule has 4 heteroatoms. The Balaban J connectivity index is 2.29. The molecule has 3 atom stereocenters. The van der Waals surface area contributed by atoms with Crippen LogP contribution in [0.3, 0.4) is 0 Å². The highest BCUT2D eigenvalue weighted by Crippen LogP contribution is 2.32. The number of benzene rings is 1. The standard InChI is InChI=1S/C16H25BrN2O/c1-3-15(18)16(13-7-4-5-8-14(13)17)19-9-6-10-20-12(2)11-19/h4-5,7-8,12,15-16H,3,6,9-11,18H2,1-2H3. The Labute approximate surface area is 130 Å². The molecule has 0 bridgehead atoms. The number of halogens is 1. The molecule has 0 aromatic heterocycles. The molecule has 1 fully saturated rings. The zero-order valence-electron chi connectivity index (χ0n) is 12.4. The summed E-state index contributed by atoms with van der Waals surface area (Å²) in [6, 6.07) is 8.81. The Hall–Kier alpha value is -0.420. The first kappa shape index (κ1) is 16.0. The second-order valence-electron chi connectivity index (χ2n) is 5.57. The third kappa shape index (κ3) is 3.82. The molecule has 3 nitrogen and oxygen atoms in total. The van der Waals surface area contributed by atoms with Crippen molar-refractivity contribution >= 4 is 15.9 Å². The third-order valence-corrected chi connectivity index (χ3v) is 4.70. The fourth-order valence-electron chi connectivity index (χ4n) is 2.92. The minimum Gasteiger partial charge on any atom is -0.377 e. The van der Waals surface area contributed by atoms with Crippen LogP contribution in [0.1, 0.15) is 38.3 Å². The Morgan fingerprint density at radius 1 is 1.45 bits per heavy atom. The number of nitrogens with zero attached hydrogens (tertiary/aromatic N) is 1. The van der Waals surface area contributed by atoms with Gasteiger partial charge in [-0.3, -0.25) is 4.90 Å². The quantitative estimate of drug-likeness (QED) is 0.913. The number of nitrogens with two attached hydrogens (primary N) is 1. The molecule has 0 spiro atoms. The van der Waals surface area contributed by atoms with E-state index in [1.807, 2.05) is 0 Å². The molecule has 0 amide bonds. The second-order valence-corrected chi connectivity index (χ2v) is 6.42. The molecule has 3 unspecified atom stereocenters.